The van der Waals surface area contributed by atoms with Gasteiger partial charge in [-0.3, -0.25) is 4.79 Å². The molecule has 1 aromatic heterocycles. The second-order valence-corrected chi connectivity index (χ2v) is 6.48. The van der Waals surface area contributed by atoms with E-state index in [9.17, 15) is 9.00 Å². The van der Waals surface area contributed by atoms with Gasteiger partial charge >= 0.3 is 0 Å². The summed E-state index contributed by atoms with van der Waals surface area (Å²) in [5.41, 5.74) is 0.399. The van der Waals surface area contributed by atoms with Crippen LogP contribution < -0.4 is 5.32 Å². The van der Waals surface area contributed by atoms with E-state index < -0.39 is 10.8 Å². The molecule has 1 aliphatic heterocycles. The summed E-state index contributed by atoms with van der Waals surface area (Å²) < 4.78 is 12.4. The summed E-state index contributed by atoms with van der Waals surface area (Å²) in [6.07, 6.45) is 1.53. The minimum atomic E-state index is -1.27. The van der Waals surface area contributed by atoms with Gasteiger partial charge in [-0.15, -0.1) is 12.4 Å². The maximum absolute atomic E-state index is 12.4. The SMILES string of the molecule is Cl.O=C(c1ccc(S(=O)c2ccccc2)cn1)N1CCNCC1. The van der Waals surface area contributed by atoms with Crippen LogP contribution in [0.15, 0.2) is 58.5 Å². The van der Waals surface area contributed by atoms with Crippen molar-refractivity contribution in [2.45, 2.75) is 9.79 Å². The molecule has 1 aromatic carbocycles. The molecule has 0 aliphatic carbocycles. The number of hydrogen-bond acceptors (Lipinski definition) is 4. The largest absolute Gasteiger partial charge is 0.335 e. The minimum Gasteiger partial charge on any atom is -0.335 e. The van der Waals surface area contributed by atoms with Gasteiger partial charge in [-0.25, -0.2) is 9.19 Å². The highest BCUT2D eigenvalue weighted by Gasteiger charge is 2.19. The average Bonchev–Trinajstić information content (AvgIpc) is 2.62. The van der Waals surface area contributed by atoms with Crippen LogP contribution in [0, 0.1) is 0 Å². The second-order valence-electron chi connectivity index (χ2n) is 5.00. The Labute approximate surface area is 144 Å². The lowest BCUT2D eigenvalue weighted by atomic mass is 10.3. The van der Waals surface area contributed by atoms with E-state index in [-0.39, 0.29) is 18.3 Å². The highest BCUT2D eigenvalue weighted by Crippen LogP contribution is 2.15. The molecule has 122 valence electrons. The van der Waals surface area contributed by atoms with Crippen LogP contribution in [0.3, 0.4) is 0 Å². The van der Waals surface area contributed by atoms with Gasteiger partial charge in [0.25, 0.3) is 5.91 Å². The number of rotatable bonds is 3. The summed E-state index contributed by atoms with van der Waals surface area (Å²) in [6, 6.07) is 12.6. The number of halogens is 1. The maximum atomic E-state index is 12.4. The molecular weight excluding hydrogens is 334 g/mol. The van der Waals surface area contributed by atoms with Gasteiger partial charge in [0.15, 0.2) is 0 Å². The number of benzene rings is 1. The first-order valence-corrected chi connectivity index (χ1v) is 8.33. The molecule has 23 heavy (non-hydrogen) atoms. The van der Waals surface area contributed by atoms with E-state index in [1.165, 1.54) is 6.20 Å². The van der Waals surface area contributed by atoms with Crippen molar-refractivity contribution in [2.75, 3.05) is 26.2 Å². The Balaban J connectivity index is 0.00000192. The quantitative estimate of drug-likeness (QED) is 0.914. The number of carbonyl (C=O) groups excluding carboxylic acids is 1. The van der Waals surface area contributed by atoms with Crippen molar-refractivity contribution in [3.05, 3.63) is 54.4 Å². The summed E-state index contributed by atoms with van der Waals surface area (Å²) in [5, 5.41) is 3.21. The number of nitrogens with zero attached hydrogens (tertiary/aromatic N) is 2. The van der Waals surface area contributed by atoms with Crippen molar-refractivity contribution in [2.24, 2.45) is 0 Å². The Bertz CT molecular complexity index is 673. The van der Waals surface area contributed by atoms with Crippen molar-refractivity contribution in [3.63, 3.8) is 0 Å². The van der Waals surface area contributed by atoms with E-state index in [0.717, 1.165) is 18.0 Å². The van der Waals surface area contributed by atoms with Gasteiger partial charge in [0, 0.05) is 37.3 Å². The number of hydrogen-bond donors (Lipinski definition) is 1. The first-order chi connectivity index (χ1) is 10.8. The van der Waals surface area contributed by atoms with Crippen LogP contribution in [0.1, 0.15) is 10.5 Å². The number of amides is 1. The van der Waals surface area contributed by atoms with Crippen LogP contribution in [-0.2, 0) is 10.8 Å². The zero-order chi connectivity index (χ0) is 15.4. The maximum Gasteiger partial charge on any atom is 0.272 e. The van der Waals surface area contributed by atoms with Crippen molar-refractivity contribution in [3.8, 4) is 0 Å². The van der Waals surface area contributed by atoms with Crippen LogP contribution in [-0.4, -0.2) is 46.2 Å². The minimum absolute atomic E-state index is 0. The van der Waals surface area contributed by atoms with E-state index in [0.29, 0.717) is 23.7 Å². The van der Waals surface area contributed by atoms with Crippen molar-refractivity contribution in [1.29, 1.82) is 0 Å². The Hall–Kier alpha value is -1.76. The van der Waals surface area contributed by atoms with E-state index in [1.807, 2.05) is 30.3 Å². The number of pyridine rings is 1. The fourth-order valence-electron chi connectivity index (χ4n) is 2.33. The van der Waals surface area contributed by atoms with Crippen molar-refractivity contribution >= 4 is 29.1 Å². The van der Waals surface area contributed by atoms with Gasteiger partial charge in [-0.2, -0.15) is 0 Å². The molecule has 1 N–H and O–H groups in total. The highest BCUT2D eigenvalue weighted by molar-refractivity contribution is 7.85. The third-order valence-electron chi connectivity index (χ3n) is 3.53. The smallest absolute Gasteiger partial charge is 0.272 e. The van der Waals surface area contributed by atoms with E-state index in [1.54, 1.807) is 17.0 Å². The summed E-state index contributed by atoms with van der Waals surface area (Å²) in [6.45, 7) is 3.00. The molecule has 2 aromatic rings. The third kappa shape index (κ3) is 4.16. The van der Waals surface area contributed by atoms with E-state index in [2.05, 4.69) is 10.3 Å². The molecule has 5 nitrogen and oxygen atoms in total. The molecule has 1 saturated heterocycles. The average molecular weight is 352 g/mol. The molecule has 2 heterocycles. The van der Waals surface area contributed by atoms with Crippen LogP contribution in [0.25, 0.3) is 0 Å². The molecule has 0 saturated carbocycles. The number of nitrogens with one attached hydrogen (secondary N) is 1. The summed E-state index contributed by atoms with van der Waals surface area (Å²) in [7, 11) is -1.27. The van der Waals surface area contributed by atoms with Gasteiger partial charge in [0.1, 0.15) is 5.69 Å². The summed E-state index contributed by atoms with van der Waals surface area (Å²) in [4.78, 5) is 19.6. The Kier molecular flexibility index (Phi) is 6.27. The fourth-order valence-corrected chi connectivity index (χ4v) is 3.34. The van der Waals surface area contributed by atoms with Gasteiger partial charge in [-0.1, -0.05) is 18.2 Å². The van der Waals surface area contributed by atoms with Gasteiger partial charge < -0.3 is 10.2 Å². The van der Waals surface area contributed by atoms with Crippen LogP contribution in [0.5, 0.6) is 0 Å². The first kappa shape index (κ1) is 17.6. The monoisotopic (exact) mass is 351 g/mol. The first-order valence-electron chi connectivity index (χ1n) is 7.18. The fraction of sp³-hybridized carbons (Fsp3) is 0.250. The molecule has 0 spiro atoms. The van der Waals surface area contributed by atoms with Gasteiger partial charge in [0.05, 0.1) is 15.7 Å². The lowest BCUT2D eigenvalue weighted by Crippen LogP contribution is -2.46. The van der Waals surface area contributed by atoms with Crippen LogP contribution in [0.4, 0.5) is 0 Å². The van der Waals surface area contributed by atoms with Crippen LogP contribution in [0.2, 0.25) is 0 Å². The lowest BCUT2D eigenvalue weighted by molar-refractivity contribution is 0.0729. The standard InChI is InChI=1S/C16H17N3O2S.ClH/c20-16(19-10-8-17-9-11-19)15-7-6-14(12-18-15)22(21)13-4-2-1-3-5-13;/h1-7,12,17H,8-11H2;1H. The Morgan fingerprint density at radius 1 is 1.04 bits per heavy atom. The number of piperazine rings is 1. The van der Waals surface area contributed by atoms with E-state index in [4.69, 9.17) is 0 Å². The Morgan fingerprint density at radius 2 is 1.74 bits per heavy atom. The second kappa shape index (κ2) is 8.19. The molecule has 1 atom stereocenters. The molecule has 0 bridgehead atoms. The van der Waals surface area contributed by atoms with E-state index >= 15 is 0 Å². The topological polar surface area (TPSA) is 62.3 Å². The number of aromatic nitrogens is 1. The lowest BCUT2D eigenvalue weighted by Gasteiger charge is -2.27. The Morgan fingerprint density at radius 3 is 2.35 bits per heavy atom. The molecule has 3 rings (SSSR count). The zero-order valence-electron chi connectivity index (χ0n) is 12.5. The molecule has 0 radical (unpaired) electrons. The van der Waals surface area contributed by atoms with Gasteiger partial charge in [-0.05, 0) is 24.3 Å². The summed E-state index contributed by atoms with van der Waals surface area (Å²) >= 11 is 0. The molecule has 7 heteroatoms. The molecule has 1 amide bonds. The number of carbonyl (C=O) groups is 1. The molecular formula is C16H18ClN3O2S. The normalized spacial score (nSPS) is 15.6. The van der Waals surface area contributed by atoms with Crippen molar-refractivity contribution in [1.82, 2.24) is 15.2 Å². The molecule has 1 aliphatic rings. The summed E-state index contributed by atoms with van der Waals surface area (Å²) in [5.74, 6) is -0.0708. The van der Waals surface area contributed by atoms with Gasteiger partial charge in [0.2, 0.25) is 0 Å². The molecule has 1 fully saturated rings. The van der Waals surface area contributed by atoms with Crippen LogP contribution >= 0.6 is 12.4 Å². The zero-order valence-corrected chi connectivity index (χ0v) is 14.1. The van der Waals surface area contributed by atoms with Crippen molar-refractivity contribution < 1.29 is 9.00 Å². The predicted molar refractivity (Wildman–Crippen MR) is 91.4 cm³/mol. The third-order valence-corrected chi connectivity index (χ3v) is 4.90. The molecule has 1 unspecified atom stereocenters. The predicted octanol–water partition coefficient (Wildman–Crippen LogP) is 1.72. The highest BCUT2D eigenvalue weighted by atomic mass is 35.5.